The van der Waals surface area contributed by atoms with Crippen LogP contribution in [0.25, 0.3) is 0 Å². The van der Waals surface area contributed by atoms with Crippen molar-refractivity contribution < 1.29 is 13.8 Å². The van der Waals surface area contributed by atoms with E-state index in [1.54, 1.807) is 17.8 Å². The summed E-state index contributed by atoms with van der Waals surface area (Å²) in [7, 11) is 0. The van der Waals surface area contributed by atoms with Crippen LogP contribution in [0.2, 0.25) is 0 Å². The average molecular weight is 718 g/mol. The first-order valence-corrected chi connectivity index (χ1v) is 20.1. The largest absolute Gasteiger partial charge is 0.363 e. The van der Waals surface area contributed by atoms with Crippen molar-refractivity contribution in [3.05, 3.63) is 140 Å². The van der Waals surface area contributed by atoms with Gasteiger partial charge >= 0.3 is 12.6 Å². The number of H-pyrrole nitrogens is 1. The number of hydrogen-bond donors (Lipinski definition) is 1. The standard InChI is InChI=1S/C38H45ClN5O5P/c1-29-25-44(37(46)40-36(29)45)35-27-42(26-34(49-35)28-48-50(39,47)43-23-19-33(20-24-43)41-21-11-12-22-41)38(30-13-5-2-6-14-30,31-15-7-3-8-16-31)32-17-9-4-10-18-32/h2-10,13-18,25,33-35H,11-12,19-24,26-28H2,1H3,(H,40,45,46). The van der Waals surface area contributed by atoms with Gasteiger partial charge in [0, 0.05) is 44.0 Å². The van der Waals surface area contributed by atoms with Crippen LogP contribution in [0, 0.1) is 6.92 Å². The van der Waals surface area contributed by atoms with E-state index in [1.807, 2.05) is 54.6 Å². The fourth-order valence-corrected chi connectivity index (χ4v) is 9.89. The minimum absolute atomic E-state index is 0.0502. The Kier molecular flexibility index (Phi) is 10.6. The number of aromatic amines is 1. The van der Waals surface area contributed by atoms with Crippen LogP contribution >= 0.6 is 18.1 Å². The van der Waals surface area contributed by atoms with Crippen LogP contribution in [-0.4, -0.2) is 82.0 Å². The second kappa shape index (κ2) is 15.1. The fourth-order valence-electron chi connectivity index (χ4n) is 8.04. The number of hydrogen-bond acceptors (Lipinski definition) is 7. The summed E-state index contributed by atoms with van der Waals surface area (Å²) in [6.45, 7) is 2.08. The number of halogens is 1. The minimum atomic E-state index is -3.67. The van der Waals surface area contributed by atoms with E-state index in [1.165, 1.54) is 17.4 Å². The zero-order valence-corrected chi connectivity index (χ0v) is 30.1. The van der Waals surface area contributed by atoms with Gasteiger partial charge in [-0.25, -0.2) is 9.46 Å². The van der Waals surface area contributed by atoms with Gasteiger partial charge < -0.3 is 14.2 Å². The molecule has 1 N–H and O–H groups in total. The Bertz CT molecular complexity index is 1800. The molecule has 3 saturated heterocycles. The molecule has 3 aliphatic heterocycles. The summed E-state index contributed by atoms with van der Waals surface area (Å²) >= 11 is 6.75. The number of rotatable bonds is 10. The Labute approximate surface area is 297 Å². The van der Waals surface area contributed by atoms with E-state index in [0.717, 1.165) is 42.6 Å². The van der Waals surface area contributed by atoms with Crippen molar-refractivity contribution in [1.29, 1.82) is 0 Å². The van der Waals surface area contributed by atoms with E-state index in [0.29, 0.717) is 37.8 Å². The summed E-state index contributed by atoms with van der Waals surface area (Å²) in [6.07, 6.45) is 4.39. The Balaban J connectivity index is 1.24. The molecule has 7 rings (SSSR count). The average Bonchev–Trinajstić information content (AvgIpc) is 3.70. The Morgan fingerprint density at radius 2 is 1.38 bits per heavy atom. The van der Waals surface area contributed by atoms with Crippen molar-refractivity contribution in [2.24, 2.45) is 0 Å². The van der Waals surface area contributed by atoms with Gasteiger partial charge in [0.1, 0.15) is 0 Å². The first-order chi connectivity index (χ1) is 24.3. The van der Waals surface area contributed by atoms with Crippen LogP contribution in [0.1, 0.15) is 54.2 Å². The number of aromatic nitrogens is 2. The lowest BCUT2D eigenvalue weighted by Crippen LogP contribution is -2.58. The molecule has 0 spiro atoms. The maximum atomic E-state index is 14.0. The van der Waals surface area contributed by atoms with Crippen LogP contribution in [0.15, 0.2) is 107 Å². The molecule has 0 amide bonds. The maximum Gasteiger partial charge on any atom is 0.363 e. The van der Waals surface area contributed by atoms with Gasteiger partial charge in [0.2, 0.25) is 0 Å². The number of likely N-dealkylation sites (tertiary alicyclic amines) is 1. The zero-order valence-electron chi connectivity index (χ0n) is 28.4. The lowest BCUT2D eigenvalue weighted by Gasteiger charge is -2.50. The molecule has 0 aliphatic carbocycles. The van der Waals surface area contributed by atoms with E-state index in [-0.39, 0.29) is 6.61 Å². The molecule has 1 aromatic heterocycles. The van der Waals surface area contributed by atoms with E-state index >= 15 is 0 Å². The Hall–Kier alpha value is -3.34. The molecule has 3 atom stereocenters. The van der Waals surface area contributed by atoms with Crippen LogP contribution in [-0.2, 0) is 19.4 Å². The molecule has 0 saturated carbocycles. The molecule has 10 nitrogen and oxygen atoms in total. The molecular weight excluding hydrogens is 673 g/mol. The number of ether oxygens (including phenoxy) is 1. The van der Waals surface area contributed by atoms with E-state index in [2.05, 4.69) is 51.2 Å². The fraction of sp³-hybridized carbons (Fsp3) is 0.421. The lowest BCUT2D eigenvalue weighted by atomic mass is 9.75. The molecule has 0 radical (unpaired) electrons. The van der Waals surface area contributed by atoms with Crippen LogP contribution in [0.4, 0.5) is 0 Å². The smallest absolute Gasteiger partial charge is 0.350 e. The van der Waals surface area contributed by atoms with E-state index in [9.17, 15) is 14.2 Å². The number of benzene rings is 3. The summed E-state index contributed by atoms with van der Waals surface area (Å²) in [5.74, 6) is 0. The van der Waals surface area contributed by atoms with Crippen LogP contribution in [0.3, 0.4) is 0 Å². The van der Waals surface area contributed by atoms with Gasteiger partial charge in [0.25, 0.3) is 5.56 Å². The SMILES string of the molecule is Cc1cn(C2CN(C(c3ccccc3)(c3ccccc3)c3ccccc3)CC(COP(=O)(Cl)N3CCC(N4CCCC4)CC3)O2)c(=O)[nH]c1=O. The third kappa shape index (κ3) is 7.08. The highest BCUT2D eigenvalue weighted by atomic mass is 35.7. The van der Waals surface area contributed by atoms with Gasteiger partial charge in [0.15, 0.2) is 6.23 Å². The first kappa shape index (κ1) is 35.1. The molecule has 3 aromatic carbocycles. The van der Waals surface area contributed by atoms with E-state index in [4.69, 9.17) is 20.5 Å². The third-order valence-electron chi connectivity index (χ3n) is 10.5. The van der Waals surface area contributed by atoms with Crippen LogP contribution in [0.5, 0.6) is 0 Å². The number of morpholine rings is 1. The van der Waals surface area contributed by atoms with Crippen molar-refractivity contribution in [2.45, 2.75) is 56.5 Å². The molecule has 3 unspecified atom stereocenters. The third-order valence-corrected chi connectivity index (χ3v) is 13.0. The highest BCUT2D eigenvalue weighted by Crippen LogP contribution is 2.57. The molecule has 0 bridgehead atoms. The summed E-state index contributed by atoms with van der Waals surface area (Å²) in [5.41, 5.74) is 1.67. The molecule has 12 heteroatoms. The number of nitrogens with zero attached hydrogens (tertiary/aromatic N) is 4. The second-order valence-electron chi connectivity index (χ2n) is 13.6. The summed E-state index contributed by atoms with van der Waals surface area (Å²) < 4.78 is 29.9. The van der Waals surface area contributed by atoms with Gasteiger partial charge in [-0.3, -0.25) is 23.8 Å². The minimum Gasteiger partial charge on any atom is -0.350 e. The van der Waals surface area contributed by atoms with Crippen LogP contribution < -0.4 is 11.2 Å². The summed E-state index contributed by atoms with van der Waals surface area (Å²) in [4.78, 5) is 33.0. The quantitative estimate of drug-likeness (QED) is 0.159. The molecule has 4 aromatic rings. The molecule has 50 heavy (non-hydrogen) atoms. The van der Waals surface area contributed by atoms with Gasteiger partial charge in [-0.15, -0.1) is 0 Å². The number of nitrogens with one attached hydrogen (secondary N) is 1. The molecule has 4 heterocycles. The highest BCUT2D eigenvalue weighted by Gasteiger charge is 2.47. The molecular formula is C38H45ClN5O5P. The summed E-state index contributed by atoms with van der Waals surface area (Å²) in [6, 6.07) is 31.4. The van der Waals surface area contributed by atoms with Crippen molar-refractivity contribution in [3.63, 3.8) is 0 Å². The maximum absolute atomic E-state index is 14.0. The monoisotopic (exact) mass is 717 g/mol. The van der Waals surface area contributed by atoms with Gasteiger partial charge in [-0.05, 0) is 73.6 Å². The predicted molar refractivity (Wildman–Crippen MR) is 196 cm³/mol. The molecule has 264 valence electrons. The van der Waals surface area contributed by atoms with Crippen molar-refractivity contribution in [1.82, 2.24) is 24.0 Å². The summed E-state index contributed by atoms with van der Waals surface area (Å²) in [5, 5.41) is 0. The number of piperidine rings is 1. The molecule has 3 aliphatic rings. The molecule has 3 fully saturated rings. The van der Waals surface area contributed by atoms with Crippen molar-refractivity contribution >= 4 is 18.1 Å². The first-order valence-electron chi connectivity index (χ1n) is 17.6. The normalized spacial score (nSPS) is 22.8. The second-order valence-corrected chi connectivity index (χ2v) is 16.6. The van der Waals surface area contributed by atoms with E-state index < -0.39 is 36.0 Å². The van der Waals surface area contributed by atoms with Crippen molar-refractivity contribution in [3.8, 4) is 0 Å². The number of aryl methyl sites for hydroxylation is 1. The Morgan fingerprint density at radius 1 is 0.840 bits per heavy atom. The lowest BCUT2D eigenvalue weighted by molar-refractivity contribution is -0.148. The Morgan fingerprint density at radius 3 is 1.92 bits per heavy atom. The highest BCUT2D eigenvalue weighted by molar-refractivity contribution is 7.83. The van der Waals surface area contributed by atoms with Gasteiger partial charge in [-0.2, -0.15) is 0 Å². The predicted octanol–water partition coefficient (Wildman–Crippen LogP) is 5.96. The van der Waals surface area contributed by atoms with Gasteiger partial charge in [-0.1, -0.05) is 91.0 Å². The van der Waals surface area contributed by atoms with Crippen molar-refractivity contribution in [2.75, 3.05) is 45.9 Å². The topological polar surface area (TPSA) is 100 Å². The zero-order chi connectivity index (χ0) is 34.7. The van der Waals surface area contributed by atoms with Gasteiger partial charge in [0.05, 0.1) is 18.2 Å².